The van der Waals surface area contributed by atoms with Crippen molar-refractivity contribution in [2.24, 2.45) is 0 Å². The van der Waals surface area contributed by atoms with Crippen molar-refractivity contribution < 1.29 is 8.42 Å². The Morgan fingerprint density at radius 3 is 2.40 bits per heavy atom. The smallest absolute Gasteiger partial charge is 0.224 e. The van der Waals surface area contributed by atoms with E-state index in [9.17, 15) is 8.42 Å². The van der Waals surface area contributed by atoms with E-state index in [4.69, 9.17) is 0 Å². The monoisotopic (exact) mass is 355 g/mol. The lowest BCUT2D eigenvalue weighted by molar-refractivity contribution is 0.595. The Balaban J connectivity index is 1.94. The lowest BCUT2D eigenvalue weighted by atomic mass is 10.1. The van der Waals surface area contributed by atoms with Crippen LogP contribution in [0.5, 0.6) is 0 Å². The van der Waals surface area contributed by atoms with E-state index in [1.807, 2.05) is 61.5 Å². The Labute approximate surface area is 148 Å². The van der Waals surface area contributed by atoms with Crippen molar-refractivity contribution in [1.82, 2.24) is 9.97 Å². The molecule has 1 heterocycles. The average Bonchev–Trinajstić information content (AvgIpc) is 2.59. The van der Waals surface area contributed by atoms with Gasteiger partial charge in [0, 0.05) is 23.2 Å². The van der Waals surface area contributed by atoms with E-state index < -0.39 is 9.84 Å². The summed E-state index contributed by atoms with van der Waals surface area (Å²) in [6.45, 7) is 1.94. The summed E-state index contributed by atoms with van der Waals surface area (Å²) in [6.07, 6.45) is 1.76. The maximum Gasteiger partial charge on any atom is 0.224 e. The first-order valence-electron chi connectivity index (χ1n) is 8.19. The Morgan fingerprint density at radius 1 is 1.00 bits per heavy atom. The molecule has 0 radical (unpaired) electrons. The summed E-state index contributed by atoms with van der Waals surface area (Å²) in [6, 6.07) is 17.8. The van der Waals surface area contributed by atoms with Gasteiger partial charge >= 0.3 is 0 Å². The summed E-state index contributed by atoms with van der Waals surface area (Å²) in [5.74, 6) is 0.652. The Bertz CT molecular complexity index is 972. The molecular formula is C19H21N3O2S. The molecule has 130 valence electrons. The second kappa shape index (κ2) is 7.19. The van der Waals surface area contributed by atoms with Gasteiger partial charge in [-0.2, -0.15) is 0 Å². The first kappa shape index (κ1) is 17.4. The largest absolute Gasteiger partial charge is 0.352 e. The third kappa shape index (κ3) is 4.54. The van der Waals surface area contributed by atoms with E-state index in [0.29, 0.717) is 12.4 Å². The molecule has 0 saturated heterocycles. The molecular weight excluding hydrogens is 334 g/mol. The molecule has 0 unspecified atom stereocenters. The van der Waals surface area contributed by atoms with E-state index in [1.54, 1.807) is 0 Å². The number of hydrogen-bond donors (Lipinski definition) is 1. The number of sulfone groups is 1. The van der Waals surface area contributed by atoms with Crippen molar-refractivity contribution in [3.05, 3.63) is 54.6 Å². The highest BCUT2D eigenvalue weighted by Crippen LogP contribution is 2.27. The van der Waals surface area contributed by atoms with Gasteiger partial charge in [-0.3, -0.25) is 0 Å². The zero-order chi connectivity index (χ0) is 17.9. The third-order valence-electron chi connectivity index (χ3n) is 3.95. The number of hydrogen-bond acceptors (Lipinski definition) is 5. The molecule has 0 spiro atoms. The van der Waals surface area contributed by atoms with Crippen molar-refractivity contribution in [3.63, 3.8) is 0 Å². The molecule has 3 rings (SSSR count). The van der Waals surface area contributed by atoms with Crippen LogP contribution in [0.1, 0.15) is 13.3 Å². The average molecular weight is 355 g/mol. The maximum absolute atomic E-state index is 11.3. The fourth-order valence-electron chi connectivity index (χ4n) is 2.64. The molecule has 2 aromatic carbocycles. The number of para-hydroxylation sites is 1. The Hall–Kier alpha value is -2.47. The number of aromatic nitrogens is 2. The molecule has 0 saturated carbocycles. The van der Waals surface area contributed by atoms with Crippen LogP contribution in [0.15, 0.2) is 54.6 Å². The van der Waals surface area contributed by atoms with E-state index in [1.165, 1.54) is 6.26 Å². The number of anilines is 1. The van der Waals surface area contributed by atoms with Crippen LogP contribution in [-0.2, 0) is 9.84 Å². The van der Waals surface area contributed by atoms with Crippen LogP contribution in [0, 0.1) is 0 Å². The van der Waals surface area contributed by atoms with E-state index in [-0.39, 0.29) is 11.8 Å². The molecule has 1 aromatic heterocycles. The molecule has 0 aliphatic heterocycles. The van der Waals surface area contributed by atoms with Gasteiger partial charge in [0.05, 0.1) is 17.0 Å². The first-order chi connectivity index (χ1) is 11.9. The van der Waals surface area contributed by atoms with Gasteiger partial charge in [-0.1, -0.05) is 48.5 Å². The molecule has 5 nitrogen and oxygen atoms in total. The zero-order valence-electron chi connectivity index (χ0n) is 14.3. The lowest BCUT2D eigenvalue weighted by Crippen LogP contribution is -2.21. The number of benzene rings is 2. The van der Waals surface area contributed by atoms with E-state index in [2.05, 4.69) is 15.3 Å². The molecule has 1 atom stereocenters. The number of fused-ring (bicyclic) bond motifs is 1. The topological polar surface area (TPSA) is 72.0 Å². The second-order valence-electron chi connectivity index (χ2n) is 6.24. The summed E-state index contributed by atoms with van der Waals surface area (Å²) in [5.41, 5.74) is 2.74. The highest BCUT2D eigenvalue weighted by molar-refractivity contribution is 7.90. The number of nitrogens with one attached hydrogen (secondary N) is 1. The summed E-state index contributed by atoms with van der Waals surface area (Å²) >= 11 is 0. The second-order valence-corrected chi connectivity index (χ2v) is 8.50. The molecule has 1 N–H and O–H groups in total. The SMILES string of the molecule is C[C@@H](CCS(C)(=O)=O)Nc1nc(-c2ccccc2)c2ccccc2n1. The lowest BCUT2D eigenvalue weighted by Gasteiger charge is -2.15. The van der Waals surface area contributed by atoms with Gasteiger partial charge in [0.1, 0.15) is 9.84 Å². The van der Waals surface area contributed by atoms with Crippen molar-refractivity contribution in [1.29, 1.82) is 0 Å². The molecule has 0 fully saturated rings. The summed E-state index contributed by atoms with van der Waals surface area (Å²) in [4.78, 5) is 9.26. The van der Waals surface area contributed by atoms with Crippen molar-refractivity contribution in [2.75, 3.05) is 17.3 Å². The van der Waals surface area contributed by atoms with Gasteiger partial charge < -0.3 is 5.32 Å². The number of rotatable bonds is 6. The predicted octanol–water partition coefficient (Wildman–Crippen LogP) is 3.53. The van der Waals surface area contributed by atoms with Gasteiger partial charge in [0.25, 0.3) is 0 Å². The maximum atomic E-state index is 11.3. The molecule has 0 aliphatic carbocycles. The first-order valence-corrected chi connectivity index (χ1v) is 10.2. The summed E-state index contributed by atoms with van der Waals surface area (Å²) < 4.78 is 22.7. The third-order valence-corrected chi connectivity index (χ3v) is 4.92. The van der Waals surface area contributed by atoms with Crippen molar-refractivity contribution >= 4 is 26.7 Å². The van der Waals surface area contributed by atoms with Crippen LogP contribution in [-0.4, -0.2) is 36.4 Å². The summed E-state index contributed by atoms with van der Waals surface area (Å²) in [7, 11) is -2.98. The molecule has 0 bridgehead atoms. The minimum atomic E-state index is -2.98. The fraction of sp³-hybridized carbons (Fsp3) is 0.263. The van der Waals surface area contributed by atoms with Gasteiger partial charge in [-0.15, -0.1) is 0 Å². The normalized spacial score (nSPS) is 12.9. The van der Waals surface area contributed by atoms with Gasteiger partial charge in [0.15, 0.2) is 0 Å². The highest BCUT2D eigenvalue weighted by Gasteiger charge is 2.12. The van der Waals surface area contributed by atoms with Crippen LogP contribution < -0.4 is 5.32 Å². The van der Waals surface area contributed by atoms with Gasteiger partial charge in [0.2, 0.25) is 5.95 Å². The standard InChI is InChI=1S/C19H21N3O2S/c1-14(12-13-25(2,23)24)20-19-21-17-11-7-6-10-16(17)18(22-19)15-8-4-3-5-9-15/h3-11,14H,12-13H2,1-2H3,(H,20,21,22)/t14-/m0/s1. The molecule has 25 heavy (non-hydrogen) atoms. The van der Waals surface area contributed by atoms with Crippen molar-refractivity contribution in [2.45, 2.75) is 19.4 Å². The van der Waals surface area contributed by atoms with E-state index in [0.717, 1.165) is 22.2 Å². The highest BCUT2D eigenvalue weighted by atomic mass is 32.2. The van der Waals surface area contributed by atoms with Crippen LogP contribution in [0.3, 0.4) is 0 Å². The predicted molar refractivity (Wildman–Crippen MR) is 102 cm³/mol. The van der Waals surface area contributed by atoms with Crippen LogP contribution in [0.4, 0.5) is 5.95 Å². The molecule has 0 amide bonds. The van der Waals surface area contributed by atoms with Gasteiger partial charge in [-0.05, 0) is 19.4 Å². The quantitative estimate of drug-likeness (QED) is 0.732. The van der Waals surface area contributed by atoms with Crippen molar-refractivity contribution in [3.8, 4) is 11.3 Å². The molecule has 0 aliphatic rings. The molecule has 6 heteroatoms. The Morgan fingerprint density at radius 2 is 1.68 bits per heavy atom. The van der Waals surface area contributed by atoms with Crippen LogP contribution >= 0.6 is 0 Å². The van der Waals surface area contributed by atoms with E-state index >= 15 is 0 Å². The zero-order valence-corrected chi connectivity index (χ0v) is 15.1. The number of nitrogens with zero attached hydrogens (tertiary/aromatic N) is 2. The fourth-order valence-corrected chi connectivity index (χ4v) is 3.42. The van der Waals surface area contributed by atoms with Gasteiger partial charge in [-0.25, -0.2) is 18.4 Å². The Kier molecular flexibility index (Phi) is 4.99. The van der Waals surface area contributed by atoms with Crippen LogP contribution in [0.25, 0.3) is 22.2 Å². The molecule has 3 aromatic rings. The minimum Gasteiger partial charge on any atom is -0.352 e. The minimum absolute atomic E-state index is 0.0421. The summed E-state index contributed by atoms with van der Waals surface area (Å²) in [5, 5.41) is 4.22. The van der Waals surface area contributed by atoms with Crippen LogP contribution in [0.2, 0.25) is 0 Å².